The Bertz CT molecular complexity index is 339. The highest BCUT2D eigenvalue weighted by molar-refractivity contribution is 5.19. The predicted molar refractivity (Wildman–Crippen MR) is 82.4 cm³/mol. The van der Waals surface area contributed by atoms with E-state index in [9.17, 15) is 4.39 Å². The van der Waals surface area contributed by atoms with Gasteiger partial charge in [-0.1, -0.05) is 51.7 Å². The molecule has 0 aliphatic carbocycles. The lowest BCUT2D eigenvalue weighted by molar-refractivity contribution is 0.0501. The van der Waals surface area contributed by atoms with Crippen molar-refractivity contribution in [3.63, 3.8) is 0 Å². The molecule has 0 saturated heterocycles. The predicted octanol–water partition coefficient (Wildman–Crippen LogP) is 4.46. The Morgan fingerprint density at radius 2 is 1.75 bits per heavy atom. The first-order chi connectivity index (χ1) is 9.77. The quantitative estimate of drug-likeness (QED) is 0.604. The van der Waals surface area contributed by atoms with E-state index in [0.29, 0.717) is 0 Å². The Morgan fingerprint density at radius 1 is 1.05 bits per heavy atom. The van der Waals surface area contributed by atoms with E-state index in [0.717, 1.165) is 31.7 Å². The maximum atomic E-state index is 13.0. The zero-order chi connectivity index (χ0) is 14.6. The molecule has 1 aromatic rings. The first-order valence-corrected chi connectivity index (χ1v) is 7.85. The second-order valence-corrected chi connectivity index (χ2v) is 5.13. The molecule has 0 bridgehead atoms. The molecular weight excluding hydrogens is 253 g/mol. The first kappa shape index (κ1) is 17.1. The van der Waals surface area contributed by atoms with Crippen molar-refractivity contribution in [1.82, 2.24) is 5.32 Å². The van der Waals surface area contributed by atoms with Gasteiger partial charge in [0.15, 0.2) is 0 Å². The standard InChI is InChI=1S/C17H28FNO/c1-3-5-6-7-8-13-20-17(14-19-4-2)15-9-11-16(18)12-10-15/h9-12,17,19H,3-8,13-14H2,1-2H3. The number of unbranched alkanes of at least 4 members (excludes halogenated alkanes) is 4. The second-order valence-electron chi connectivity index (χ2n) is 5.13. The van der Waals surface area contributed by atoms with Crippen LogP contribution in [0, 0.1) is 5.82 Å². The summed E-state index contributed by atoms with van der Waals surface area (Å²) >= 11 is 0. The Hall–Kier alpha value is -0.930. The average molecular weight is 281 g/mol. The molecule has 20 heavy (non-hydrogen) atoms. The third kappa shape index (κ3) is 7.01. The van der Waals surface area contributed by atoms with Gasteiger partial charge in [0, 0.05) is 13.2 Å². The fraction of sp³-hybridized carbons (Fsp3) is 0.647. The van der Waals surface area contributed by atoms with Crippen LogP contribution in [0.1, 0.15) is 57.6 Å². The maximum Gasteiger partial charge on any atom is 0.123 e. The van der Waals surface area contributed by atoms with Crippen LogP contribution in [0.4, 0.5) is 4.39 Å². The van der Waals surface area contributed by atoms with E-state index in [-0.39, 0.29) is 11.9 Å². The van der Waals surface area contributed by atoms with Crippen LogP contribution >= 0.6 is 0 Å². The lowest BCUT2D eigenvalue weighted by atomic mass is 10.1. The van der Waals surface area contributed by atoms with Crippen molar-refractivity contribution in [3.8, 4) is 0 Å². The number of likely N-dealkylation sites (N-methyl/N-ethyl adjacent to an activating group) is 1. The Kier molecular flexibility index (Phi) is 9.25. The molecule has 0 spiro atoms. The molecule has 2 nitrogen and oxygen atoms in total. The lowest BCUT2D eigenvalue weighted by Gasteiger charge is -2.19. The van der Waals surface area contributed by atoms with Crippen molar-refractivity contribution in [2.75, 3.05) is 19.7 Å². The number of nitrogens with one attached hydrogen (secondary N) is 1. The highest BCUT2D eigenvalue weighted by atomic mass is 19.1. The van der Waals surface area contributed by atoms with E-state index in [1.807, 2.05) is 12.1 Å². The third-order valence-corrected chi connectivity index (χ3v) is 3.39. The molecule has 1 N–H and O–H groups in total. The van der Waals surface area contributed by atoms with Crippen molar-refractivity contribution < 1.29 is 9.13 Å². The largest absolute Gasteiger partial charge is 0.372 e. The fourth-order valence-electron chi connectivity index (χ4n) is 2.16. The Morgan fingerprint density at radius 3 is 2.40 bits per heavy atom. The SMILES string of the molecule is CCCCCCCOC(CNCC)c1ccc(F)cc1. The number of hydrogen-bond acceptors (Lipinski definition) is 2. The van der Waals surface area contributed by atoms with Gasteiger partial charge in [-0.15, -0.1) is 0 Å². The zero-order valence-electron chi connectivity index (χ0n) is 12.8. The van der Waals surface area contributed by atoms with E-state index in [2.05, 4.69) is 19.2 Å². The summed E-state index contributed by atoms with van der Waals surface area (Å²) in [7, 11) is 0. The summed E-state index contributed by atoms with van der Waals surface area (Å²) < 4.78 is 18.9. The van der Waals surface area contributed by atoms with Crippen molar-refractivity contribution in [1.29, 1.82) is 0 Å². The summed E-state index contributed by atoms with van der Waals surface area (Å²) in [5.41, 5.74) is 1.04. The number of ether oxygens (including phenoxy) is 1. The van der Waals surface area contributed by atoms with Gasteiger partial charge in [-0.2, -0.15) is 0 Å². The smallest absolute Gasteiger partial charge is 0.123 e. The van der Waals surface area contributed by atoms with Crippen LogP contribution in [0.15, 0.2) is 24.3 Å². The first-order valence-electron chi connectivity index (χ1n) is 7.85. The molecule has 1 unspecified atom stereocenters. The summed E-state index contributed by atoms with van der Waals surface area (Å²) in [4.78, 5) is 0. The Labute approximate surface area is 122 Å². The highest BCUT2D eigenvalue weighted by Crippen LogP contribution is 2.18. The highest BCUT2D eigenvalue weighted by Gasteiger charge is 2.11. The van der Waals surface area contributed by atoms with Crippen LogP contribution < -0.4 is 5.32 Å². The van der Waals surface area contributed by atoms with Gasteiger partial charge in [-0.05, 0) is 30.7 Å². The van der Waals surface area contributed by atoms with E-state index >= 15 is 0 Å². The molecular formula is C17H28FNO. The van der Waals surface area contributed by atoms with E-state index < -0.39 is 0 Å². The summed E-state index contributed by atoms with van der Waals surface area (Å²) in [5.74, 6) is -0.199. The molecule has 0 radical (unpaired) electrons. The van der Waals surface area contributed by atoms with E-state index in [1.54, 1.807) is 0 Å². The molecule has 0 aliphatic rings. The summed E-state index contributed by atoms with van der Waals surface area (Å²) in [5, 5.41) is 3.30. The number of hydrogen-bond donors (Lipinski definition) is 1. The summed E-state index contributed by atoms with van der Waals surface area (Å²) in [6, 6.07) is 6.63. The van der Waals surface area contributed by atoms with Gasteiger partial charge in [-0.3, -0.25) is 0 Å². The van der Waals surface area contributed by atoms with Gasteiger partial charge in [0.05, 0.1) is 6.10 Å². The van der Waals surface area contributed by atoms with Crippen molar-refractivity contribution in [3.05, 3.63) is 35.6 Å². The van der Waals surface area contributed by atoms with Gasteiger partial charge < -0.3 is 10.1 Å². The Balaban J connectivity index is 2.37. The van der Waals surface area contributed by atoms with Gasteiger partial charge in [0.25, 0.3) is 0 Å². The minimum absolute atomic E-state index is 0.0155. The van der Waals surface area contributed by atoms with E-state index in [4.69, 9.17) is 4.74 Å². The molecule has 0 aliphatic heterocycles. The van der Waals surface area contributed by atoms with Crippen molar-refractivity contribution in [2.45, 2.75) is 52.1 Å². The van der Waals surface area contributed by atoms with Gasteiger partial charge in [0.2, 0.25) is 0 Å². The minimum atomic E-state index is -0.199. The maximum absolute atomic E-state index is 13.0. The lowest BCUT2D eigenvalue weighted by Crippen LogP contribution is -2.23. The third-order valence-electron chi connectivity index (χ3n) is 3.39. The van der Waals surface area contributed by atoms with Crippen molar-refractivity contribution in [2.24, 2.45) is 0 Å². The van der Waals surface area contributed by atoms with Gasteiger partial charge in [-0.25, -0.2) is 4.39 Å². The fourth-order valence-corrected chi connectivity index (χ4v) is 2.16. The molecule has 0 heterocycles. The van der Waals surface area contributed by atoms with E-state index in [1.165, 1.54) is 37.8 Å². The van der Waals surface area contributed by atoms with Gasteiger partial charge in [0.1, 0.15) is 5.82 Å². The van der Waals surface area contributed by atoms with Crippen LogP contribution in [0.5, 0.6) is 0 Å². The topological polar surface area (TPSA) is 21.3 Å². The van der Waals surface area contributed by atoms with Crippen LogP contribution in [0.2, 0.25) is 0 Å². The average Bonchev–Trinajstić information content (AvgIpc) is 2.47. The van der Waals surface area contributed by atoms with Gasteiger partial charge >= 0.3 is 0 Å². The number of rotatable bonds is 11. The molecule has 0 amide bonds. The van der Waals surface area contributed by atoms with Crippen LogP contribution in [-0.2, 0) is 4.74 Å². The van der Waals surface area contributed by atoms with Crippen molar-refractivity contribution >= 4 is 0 Å². The van der Waals surface area contributed by atoms with Crippen LogP contribution in [-0.4, -0.2) is 19.7 Å². The minimum Gasteiger partial charge on any atom is -0.372 e. The number of halogens is 1. The molecule has 0 aromatic heterocycles. The zero-order valence-corrected chi connectivity index (χ0v) is 12.8. The molecule has 114 valence electrons. The van der Waals surface area contributed by atoms with Crippen LogP contribution in [0.3, 0.4) is 0 Å². The second kappa shape index (κ2) is 10.8. The molecule has 0 fully saturated rings. The summed E-state index contributed by atoms with van der Waals surface area (Å²) in [6.45, 7) is 6.76. The molecule has 1 aromatic carbocycles. The number of benzene rings is 1. The monoisotopic (exact) mass is 281 g/mol. The molecule has 1 rings (SSSR count). The van der Waals surface area contributed by atoms with Crippen LogP contribution in [0.25, 0.3) is 0 Å². The normalized spacial score (nSPS) is 12.6. The molecule has 0 saturated carbocycles. The molecule has 3 heteroatoms. The summed E-state index contributed by atoms with van der Waals surface area (Å²) in [6.07, 6.45) is 6.20. The molecule has 1 atom stereocenters.